The third-order valence-corrected chi connectivity index (χ3v) is 2.08. The molecule has 0 saturated carbocycles. The summed E-state index contributed by atoms with van der Waals surface area (Å²) in [6.45, 7) is 8.20. The van der Waals surface area contributed by atoms with Crippen LogP contribution in [0, 0.1) is 13.8 Å². The van der Waals surface area contributed by atoms with Gasteiger partial charge in [0.25, 0.3) is 0 Å². The summed E-state index contributed by atoms with van der Waals surface area (Å²) in [4.78, 5) is 0. The van der Waals surface area contributed by atoms with Crippen LogP contribution in [0.1, 0.15) is 30.4 Å². The summed E-state index contributed by atoms with van der Waals surface area (Å²) in [5, 5.41) is 0. The lowest BCUT2D eigenvalue weighted by Gasteiger charge is -2.07. The average molecular weight is 147 g/mol. The summed E-state index contributed by atoms with van der Waals surface area (Å²) in [5.41, 5.74) is 2.72. The molecule has 0 amide bonds. The minimum Gasteiger partial charge on any atom is -0.0590 e. The van der Waals surface area contributed by atoms with E-state index in [1.807, 2.05) is 0 Å². The third kappa shape index (κ3) is 2.07. The molecule has 0 fully saturated rings. The first kappa shape index (κ1) is 8.32. The fraction of sp³-hybridized carbons (Fsp3) is 0.364. The zero-order valence-electron chi connectivity index (χ0n) is 7.30. The van der Waals surface area contributed by atoms with Crippen LogP contribution in [0.3, 0.4) is 0 Å². The van der Waals surface area contributed by atoms with Gasteiger partial charge in [-0.3, -0.25) is 0 Å². The molecule has 11 heavy (non-hydrogen) atoms. The van der Waals surface area contributed by atoms with Crippen LogP contribution in [0.15, 0.2) is 24.3 Å². The molecule has 0 nitrogen and oxygen atoms in total. The molecule has 0 heteroatoms. The van der Waals surface area contributed by atoms with Gasteiger partial charge >= 0.3 is 0 Å². The van der Waals surface area contributed by atoms with Gasteiger partial charge in [-0.2, -0.15) is 0 Å². The fourth-order valence-corrected chi connectivity index (χ4v) is 1.06. The normalized spacial score (nSPS) is 13.0. The molecule has 0 aliphatic carbocycles. The molecule has 1 radical (unpaired) electrons. The largest absolute Gasteiger partial charge is 0.0590 e. The maximum absolute atomic E-state index is 3.88. The van der Waals surface area contributed by atoms with Gasteiger partial charge in [0, 0.05) is 0 Å². The second kappa shape index (κ2) is 3.56. The number of hydrogen-bond acceptors (Lipinski definition) is 0. The van der Waals surface area contributed by atoms with Crippen LogP contribution in [0.4, 0.5) is 0 Å². The van der Waals surface area contributed by atoms with E-state index in [1.165, 1.54) is 11.1 Å². The molecule has 0 aliphatic heterocycles. The molecule has 0 aromatic heterocycles. The molecular weight excluding hydrogens is 132 g/mol. The van der Waals surface area contributed by atoms with E-state index in [2.05, 4.69) is 45.0 Å². The van der Waals surface area contributed by atoms with Gasteiger partial charge < -0.3 is 0 Å². The minimum atomic E-state index is 0.593. The second-order valence-electron chi connectivity index (χ2n) is 3.10. The molecule has 0 aliphatic rings. The average Bonchev–Trinajstić information content (AvgIpc) is 2.05. The lowest BCUT2D eigenvalue weighted by molar-refractivity contribution is 0.778. The van der Waals surface area contributed by atoms with E-state index in [4.69, 9.17) is 0 Å². The minimum absolute atomic E-state index is 0.593. The Labute approximate surface area is 69.3 Å². The Morgan fingerprint density at radius 2 is 1.82 bits per heavy atom. The smallest absolute Gasteiger partial charge is 0.0190 e. The summed E-state index contributed by atoms with van der Waals surface area (Å²) in [6, 6.07) is 8.68. The van der Waals surface area contributed by atoms with E-state index in [1.54, 1.807) is 0 Å². The van der Waals surface area contributed by atoms with Crippen molar-refractivity contribution >= 4 is 0 Å². The second-order valence-corrected chi connectivity index (χ2v) is 3.10. The van der Waals surface area contributed by atoms with Crippen molar-refractivity contribution in [2.24, 2.45) is 0 Å². The Hall–Kier alpha value is -0.780. The molecule has 59 valence electrons. The van der Waals surface area contributed by atoms with Gasteiger partial charge in [0.1, 0.15) is 0 Å². The third-order valence-electron chi connectivity index (χ3n) is 2.08. The lowest BCUT2D eigenvalue weighted by Crippen LogP contribution is -1.90. The van der Waals surface area contributed by atoms with Crippen molar-refractivity contribution in [3.05, 3.63) is 42.3 Å². The predicted molar refractivity (Wildman–Crippen MR) is 49.6 cm³/mol. The Bertz CT molecular complexity index is 208. The Morgan fingerprint density at radius 1 is 1.27 bits per heavy atom. The van der Waals surface area contributed by atoms with Crippen molar-refractivity contribution in [3.63, 3.8) is 0 Å². The number of rotatable bonds is 2. The van der Waals surface area contributed by atoms with Crippen molar-refractivity contribution in [1.82, 2.24) is 0 Å². The Kier molecular flexibility index (Phi) is 2.70. The van der Waals surface area contributed by atoms with E-state index in [0.717, 1.165) is 6.42 Å². The van der Waals surface area contributed by atoms with Gasteiger partial charge in [0.2, 0.25) is 0 Å². The first-order chi connectivity index (χ1) is 5.24. The summed E-state index contributed by atoms with van der Waals surface area (Å²) in [6.07, 6.45) is 0.975. The van der Waals surface area contributed by atoms with Crippen LogP contribution < -0.4 is 0 Å². The quantitative estimate of drug-likeness (QED) is 0.602. The van der Waals surface area contributed by atoms with Crippen LogP contribution in [0.25, 0.3) is 0 Å². The monoisotopic (exact) mass is 147 g/mol. The lowest BCUT2D eigenvalue weighted by atomic mass is 9.98. The molecular formula is C11H15. The number of hydrogen-bond donors (Lipinski definition) is 0. The SMILES string of the molecule is [CH2]CC(C)c1ccc(C)cc1. The first-order valence-corrected chi connectivity index (χ1v) is 4.10. The molecule has 0 N–H and O–H groups in total. The summed E-state index contributed by atoms with van der Waals surface area (Å²) < 4.78 is 0. The van der Waals surface area contributed by atoms with Crippen LogP contribution >= 0.6 is 0 Å². The Balaban J connectivity index is 2.81. The fourth-order valence-electron chi connectivity index (χ4n) is 1.06. The highest BCUT2D eigenvalue weighted by Crippen LogP contribution is 2.17. The van der Waals surface area contributed by atoms with Gasteiger partial charge in [0.15, 0.2) is 0 Å². The number of benzene rings is 1. The van der Waals surface area contributed by atoms with Crippen LogP contribution in [-0.2, 0) is 0 Å². The zero-order valence-corrected chi connectivity index (χ0v) is 7.30. The van der Waals surface area contributed by atoms with Crippen molar-refractivity contribution in [1.29, 1.82) is 0 Å². The molecule has 1 atom stereocenters. The van der Waals surface area contributed by atoms with Crippen molar-refractivity contribution < 1.29 is 0 Å². The molecule has 1 aromatic carbocycles. The van der Waals surface area contributed by atoms with Gasteiger partial charge in [-0.05, 0) is 24.8 Å². The van der Waals surface area contributed by atoms with Crippen LogP contribution in [0.5, 0.6) is 0 Å². The van der Waals surface area contributed by atoms with Gasteiger partial charge in [-0.15, -0.1) is 0 Å². The number of aryl methyl sites for hydroxylation is 1. The first-order valence-electron chi connectivity index (χ1n) is 4.10. The zero-order chi connectivity index (χ0) is 8.27. The maximum Gasteiger partial charge on any atom is -0.0190 e. The molecule has 1 unspecified atom stereocenters. The molecule has 0 saturated heterocycles. The van der Waals surface area contributed by atoms with E-state index >= 15 is 0 Å². The van der Waals surface area contributed by atoms with E-state index in [0.29, 0.717) is 5.92 Å². The van der Waals surface area contributed by atoms with Crippen LogP contribution in [0.2, 0.25) is 0 Å². The van der Waals surface area contributed by atoms with E-state index in [9.17, 15) is 0 Å². The van der Waals surface area contributed by atoms with Crippen molar-refractivity contribution in [2.45, 2.75) is 26.2 Å². The highest BCUT2D eigenvalue weighted by molar-refractivity contribution is 5.23. The maximum atomic E-state index is 3.88. The van der Waals surface area contributed by atoms with Gasteiger partial charge in [0.05, 0.1) is 0 Å². The molecule has 1 rings (SSSR count). The standard InChI is InChI=1S/C11H15/c1-4-10(3)11-7-5-9(2)6-8-11/h5-8,10H,1,4H2,2-3H3. The highest BCUT2D eigenvalue weighted by Gasteiger charge is 2.00. The molecule has 1 aromatic rings. The summed E-state index contributed by atoms with van der Waals surface area (Å²) >= 11 is 0. The van der Waals surface area contributed by atoms with Gasteiger partial charge in [-0.1, -0.05) is 43.7 Å². The van der Waals surface area contributed by atoms with Crippen molar-refractivity contribution in [3.8, 4) is 0 Å². The van der Waals surface area contributed by atoms with Crippen molar-refractivity contribution in [2.75, 3.05) is 0 Å². The molecule has 0 heterocycles. The van der Waals surface area contributed by atoms with Crippen LogP contribution in [-0.4, -0.2) is 0 Å². The van der Waals surface area contributed by atoms with Gasteiger partial charge in [-0.25, -0.2) is 0 Å². The predicted octanol–water partition coefficient (Wildman–Crippen LogP) is 3.32. The topological polar surface area (TPSA) is 0 Å². The van der Waals surface area contributed by atoms with E-state index in [-0.39, 0.29) is 0 Å². The highest BCUT2D eigenvalue weighted by atomic mass is 14.0. The van der Waals surface area contributed by atoms with E-state index < -0.39 is 0 Å². The molecule has 0 bridgehead atoms. The Morgan fingerprint density at radius 3 is 2.27 bits per heavy atom. The molecule has 0 spiro atoms. The summed E-state index contributed by atoms with van der Waals surface area (Å²) in [7, 11) is 0. The summed E-state index contributed by atoms with van der Waals surface area (Å²) in [5.74, 6) is 0.593.